The van der Waals surface area contributed by atoms with Gasteiger partial charge in [-0.15, -0.1) is 0 Å². The summed E-state index contributed by atoms with van der Waals surface area (Å²) in [5.74, 6) is -3.02. The average molecular weight is 465 g/mol. The van der Waals surface area contributed by atoms with Crippen LogP contribution in [0.3, 0.4) is 0 Å². The van der Waals surface area contributed by atoms with Crippen molar-refractivity contribution in [1.29, 1.82) is 0 Å². The molecule has 32 heavy (non-hydrogen) atoms. The van der Waals surface area contributed by atoms with Crippen molar-refractivity contribution in [3.63, 3.8) is 0 Å². The van der Waals surface area contributed by atoms with E-state index in [-0.39, 0.29) is 17.1 Å². The van der Waals surface area contributed by atoms with E-state index in [1.54, 1.807) is 30.3 Å². The molecule has 0 saturated carbocycles. The highest BCUT2D eigenvalue weighted by Gasteiger charge is 2.66. The van der Waals surface area contributed by atoms with Crippen molar-refractivity contribution in [2.45, 2.75) is 17.9 Å². The van der Waals surface area contributed by atoms with E-state index in [4.69, 9.17) is 16.0 Å². The van der Waals surface area contributed by atoms with Gasteiger partial charge in [-0.3, -0.25) is 4.79 Å². The van der Waals surface area contributed by atoms with Crippen LogP contribution in [-0.4, -0.2) is 28.8 Å². The summed E-state index contributed by atoms with van der Waals surface area (Å²) in [6.45, 7) is 0. The van der Waals surface area contributed by atoms with Gasteiger partial charge in [-0.2, -0.15) is 13.2 Å². The van der Waals surface area contributed by atoms with Crippen LogP contribution in [0.2, 0.25) is 5.02 Å². The van der Waals surface area contributed by atoms with Gasteiger partial charge in [0.25, 0.3) is 0 Å². The summed E-state index contributed by atoms with van der Waals surface area (Å²) in [6.07, 6.45) is -5.34. The van der Waals surface area contributed by atoms with E-state index in [2.05, 4.69) is 5.32 Å². The minimum absolute atomic E-state index is 0.0624. The molecule has 0 bridgehead atoms. The zero-order valence-electron chi connectivity index (χ0n) is 16.2. The number of alkyl halides is 3. The molecule has 0 unspecified atom stereocenters. The minimum atomic E-state index is -5.34. The first kappa shape index (κ1) is 21.9. The number of halogens is 4. The predicted molar refractivity (Wildman–Crippen MR) is 109 cm³/mol. The number of rotatable bonds is 4. The van der Waals surface area contributed by atoms with Crippen LogP contribution >= 0.6 is 11.6 Å². The first-order chi connectivity index (χ1) is 15.1. The Morgan fingerprint density at radius 1 is 1.03 bits per heavy atom. The third kappa shape index (κ3) is 3.85. The molecule has 3 aromatic rings. The maximum atomic E-state index is 13.9. The second kappa shape index (κ2) is 7.99. The van der Waals surface area contributed by atoms with E-state index in [0.717, 1.165) is 0 Å². The van der Waals surface area contributed by atoms with Gasteiger partial charge in [-0.05, 0) is 36.4 Å². The van der Waals surface area contributed by atoms with Crippen LogP contribution in [0.5, 0.6) is 0 Å². The molecule has 1 aromatic heterocycles. The zero-order chi connectivity index (χ0) is 23.1. The molecular weight excluding hydrogens is 449 g/mol. The summed E-state index contributed by atoms with van der Waals surface area (Å²) in [7, 11) is 0. The second-order valence-corrected chi connectivity index (χ2v) is 7.69. The Bertz CT molecular complexity index is 1150. The molecule has 3 atom stereocenters. The summed E-state index contributed by atoms with van der Waals surface area (Å²) in [5.41, 5.74) is -3.30. The van der Waals surface area contributed by atoms with Crippen molar-refractivity contribution in [2.24, 2.45) is 5.92 Å². The van der Waals surface area contributed by atoms with Gasteiger partial charge in [0, 0.05) is 16.1 Å². The molecule has 2 amide bonds. The molecule has 1 fully saturated rings. The van der Waals surface area contributed by atoms with Crippen LogP contribution in [0.4, 0.5) is 18.0 Å². The molecule has 10 heteroatoms. The molecule has 2 aromatic carbocycles. The van der Waals surface area contributed by atoms with Crippen LogP contribution in [0, 0.1) is 5.92 Å². The second-order valence-electron chi connectivity index (χ2n) is 7.26. The number of aliphatic hydroxyl groups is 1. The van der Waals surface area contributed by atoms with Crippen LogP contribution in [-0.2, 0) is 0 Å². The van der Waals surface area contributed by atoms with E-state index in [9.17, 15) is 27.9 Å². The first-order valence-corrected chi connectivity index (χ1v) is 9.80. The van der Waals surface area contributed by atoms with Crippen molar-refractivity contribution in [1.82, 2.24) is 10.6 Å². The number of hydrogen-bond donors (Lipinski definition) is 3. The highest BCUT2D eigenvalue weighted by Crippen LogP contribution is 2.44. The third-order valence-electron chi connectivity index (χ3n) is 5.21. The summed E-state index contributed by atoms with van der Waals surface area (Å²) in [6, 6.07) is 13.7. The number of benzene rings is 2. The molecule has 1 aliphatic rings. The molecule has 0 radical (unpaired) electrons. The van der Waals surface area contributed by atoms with Gasteiger partial charge in [0.2, 0.25) is 5.72 Å². The number of furan rings is 1. The fraction of sp³-hybridized carbons (Fsp3) is 0.182. The van der Waals surface area contributed by atoms with Crippen molar-refractivity contribution in [2.75, 3.05) is 0 Å². The lowest BCUT2D eigenvalue weighted by molar-refractivity contribution is -0.288. The van der Waals surface area contributed by atoms with Gasteiger partial charge in [0.15, 0.2) is 5.78 Å². The number of carbonyl (C=O) groups is 2. The quantitative estimate of drug-likeness (QED) is 0.488. The third-order valence-corrected chi connectivity index (χ3v) is 5.46. The predicted octanol–water partition coefficient (Wildman–Crippen LogP) is 4.70. The molecule has 4 rings (SSSR count). The standard InChI is InChI=1S/C22H16ClF3N2O4/c23-14-8-6-12(7-9-14)15-10-11-16(32-15)18-17(19(29)13-4-2-1-3-5-13)21(31,22(24,25)26)28-20(30)27-18/h1-11,17-18,31H,(H2,27,28,30)/t17-,18+,21+/m1/s1. The number of Topliss-reactive ketones (excluding diaryl/α,β-unsaturated/α-hetero) is 1. The molecule has 1 saturated heterocycles. The van der Waals surface area contributed by atoms with Gasteiger partial charge in [0.05, 0.1) is 0 Å². The number of amides is 2. The van der Waals surface area contributed by atoms with E-state index >= 15 is 0 Å². The molecule has 2 heterocycles. The van der Waals surface area contributed by atoms with Crippen molar-refractivity contribution in [3.8, 4) is 11.3 Å². The highest BCUT2D eigenvalue weighted by atomic mass is 35.5. The van der Waals surface area contributed by atoms with E-state index in [0.29, 0.717) is 10.6 Å². The monoisotopic (exact) mass is 464 g/mol. The van der Waals surface area contributed by atoms with E-state index in [1.165, 1.54) is 41.7 Å². The smallest absolute Gasteiger partial charge is 0.437 e. The first-order valence-electron chi connectivity index (χ1n) is 9.43. The molecule has 0 spiro atoms. The summed E-state index contributed by atoms with van der Waals surface area (Å²) < 4.78 is 47.5. The number of urea groups is 1. The topological polar surface area (TPSA) is 91.6 Å². The van der Waals surface area contributed by atoms with Crippen LogP contribution in [0.1, 0.15) is 22.2 Å². The lowest BCUT2D eigenvalue weighted by atomic mass is 9.79. The molecule has 0 aliphatic carbocycles. The number of ketones is 1. The Labute approximate surface area is 185 Å². The van der Waals surface area contributed by atoms with Crippen LogP contribution in [0.15, 0.2) is 71.1 Å². The molecule has 3 N–H and O–H groups in total. The normalized spacial score (nSPS) is 23.3. The minimum Gasteiger partial charge on any atom is -0.459 e. The average Bonchev–Trinajstić information content (AvgIpc) is 3.23. The van der Waals surface area contributed by atoms with Gasteiger partial charge < -0.3 is 20.2 Å². The summed E-state index contributed by atoms with van der Waals surface area (Å²) in [4.78, 5) is 25.2. The lowest BCUT2D eigenvalue weighted by Crippen LogP contribution is -2.72. The SMILES string of the molecule is O=C1N[C@@H](c2ccc(-c3ccc(Cl)cc3)o2)[C@H](C(=O)c2ccccc2)[C@](O)(C(F)(F)F)N1. The Morgan fingerprint density at radius 3 is 2.31 bits per heavy atom. The Balaban J connectivity index is 1.80. The number of nitrogens with one attached hydrogen (secondary N) is 2. The van der Waals surface area contributed by atoms with Crippen molar-refractivity contribution in [3.05, 3.63) is 83.1 Å². The van der Waals surface area contributed by atoms with Crippen molar-refractivity contribution < 1.29 is 32.3 Å². The Hall–Kier alpha value is -3.30. The molecule has 6 nitrogen and oxygen atoms in total. The number of hydrogen-bond acceptors (Lipinski definition) is 4. The van der Waals surface area contributed by atoms with Crippen molar-refractivity contribution >= 4 is 23.4 Å². The number of carbonyl (C=O) groups excluding carboxylic acids is 2. The van der Waals surface area contributed by atoms with Gasteiger partial charge in [-0.1, -0.05) is 41.9 Å². The molecule has 1 aliphatic heterocycles. The van der Waals surface area contributed by atoms with Gasteiger partial charge >= 0.3 is 12.2 Å². The fourth-order valence-electron chi connectivity index (χ4n) is 3.65. The Kier molecular flexibility index (Phi) is 5.47. The van der Waals surface area contributed by atoms with E-state index in [1.807, 2.05) is 0 Å². The lowest BCUT2D eigenvalue weighted by Gasteiger charge is -2.44. The Morgan fingerprint density at radius 2 is 1.69 bits per heavy atom. The largest absolute Gasteiger partial charge is 0.459 e. The fourth-order valence-corrected chi connectivity index (χ4v) is 3.77. The molecule has 166 valence electrons. The summed E-state index contributed by atoms with van der Waals surface area (Å²) >= 11 is 5.87. The highest BCUT2D eigenvalue weighted by molar-refractivity contribution is 6.30. The van der Waals surface area contributed by atoms with Gasteiger partial charge in [-0.25, -0.2) is 4.79 Å². The maximum absolute atomic E-state index is 13.9. The van der Waals surface area contributed by atoms with Crippen LogP contribution in [0.25, 0.3) is 11.3 Å². The molecular formula is C22H16ClF3N2O4. The van der Waals surface area contributed by atoms with Crippen LogP contribution < -0.4 is 10.6 Å². The van der Waals surface area contributed by atoms with E-state index < -0.39 is 35.7 Å². The zero-order valence-corrected chi connectivity index (χ0v) is 16.9. The summed E-state index contributed by atoms with van der Waals surface area (Å²) in [5, 5.41) is 14.8. The maximum Gasteiger partial charge on any atom is 0.437 e. The van der Waals surface area contributed by atoms with Gasteiger partial charge in [0.1, 0.15) is 23.5 Å².